The third kappa shape index (κ3) is 8.86. The van der Waals surface area contributed by atoms with E-state index in [0.717, 1.165) is 19.4 Å². The molecule has 1 aliphatic rings. The van der Waals surface area contributed by atoms with Gasteiger partial charge in [0.2, 0.25) is 23.6 Å². The minimum Gasteiger partial charge on any atom is -0.368 e. The number of carbonyl (C=O) groups excluding carboxylic acids is 4. The molecule has 31 heavy (non-hydrogen) atoms. The lowest BCUT2D eigenvalue weighted by atomic mass is 10.0. The molecule has 4 amide bonds. The zero-order chi connectivity index (χ0) is 23.6. The first kappa shape index (κ1) is 26.9. The second kappa shape index (κ2) is 13.3. The van der Waals surface area contributed by atoms with Gasteiger partial charge in [0.15, 0.2) is 7.98 Å². The van der Waals surface area contributed by atoms with Gasteiger partial charge in [0.05, 0.1) is 6.04 Å². The molecule has 1 heterocycles. The van der Waals surface area contributed by atoms with Gasteiger partial charge in [-0.05, 0) is 57.9 Å². The first-order valence-electron chi connectivity index (χ1n) is 11.2. The number of likely N-dealkylation sites (tertiary alicyclic amines) is 1. The van der Waals surface area contributed by atoms with Crippen LogP contribution in [0.15, 0.2) is 0 Å². The minimum atomic E-state index is -0.823. The van der Waals surface area contributed by atoms with E-state index in [0.29, 0.717) is 32.2 Å². The molecule has 4 unspecified atom stereocenters. The lowest BCUT2D eigenvalue weighted by Crippen LogP contribution is -2.56. The average Bonchev–Trinajstić information content (AvgIpc) is 3.18. The Balaban J connectivity index is 2.88. The fraction of sp³-hybridized carbons (Fsp3) is 0.800. The van der Waals surface area contributed by atoms with Crippen LogP contribution >= 0.6 is 0 Å². The van der Waals surface area contributed by atoms with Crippen molar-refractivity contribution in [1.29, 1.82) is 0 Å². The van der Waals surface area contributed by atoms with Gasteiger partial charge in [-0.3, -0.25) is 19.2 Å². The summed E-state index contributed by atoms with van der Waals surface area (Å²) in [6.07, 6.45) is 3.74. The van der Waals surface area contributed by atoms with Gasteiger partial charge in [0.25, 0.3) is 0 Å². The van der Waals surface area contributed by atoms with E-state index in [-0.39, 0.29) is 17.7 Å². The Labute approximate surface area is 186 Å². The predicted molar refractivity (Wildman–Crippen MR) is 121 cm³/mol. The molecule has 10 nitrogen and oxygen atoms in total. The number of rotatable bonds is 13. The molecule has 176 valence electrons. The van der Waals surface area contributed by atoms with Crippen molar-refractivity contribution in [1.82, 2.24) is 20.8 Å². The SMILES string of the molecule is BNCCCCC(NC(=O)C(N)CC(C)C)C(=O)N1CCCC1C(=O)NC(C)C(N)=O. The number of nitrogens with zero attached hydrogens (tertiary/aromatic N) is 1. The summed E-state index contributed by atoms with van der Waals surface area (Å²) >= 11 is 0. The Hall–Kier alpha value is -2.14. The number of unbranched alkanes of at least 4 members (excludes halogenated alkanes) is 1. The molecule has 0 aromatic rings. The smallest absolute Gasteiger partial charge is 0.245 e. The molecular formula is C20H39BN6O4. The lowest BCUT2D eigenvalue weighted by Gasteiger charge is -2.30. The first-order valence-corrected chi connectivity index (χ1v) is 11.2. The number of nitrogens with one attached hydrogen (secondary N) is 3. The van der Waals surface area contributed by atoms with Crippen LogP contribution in [0.2, 0.25) is 0 Å². The number of hydrogen-bond donors (Lipinski definition) is 5. The molecule has 0 radical (unpaired) electrons. The van der Waals surface area contributed by atoms with E-state index >= 15 is 0 Å². The van der Waals surface area contributed by atoms with Crippen molar-refractivity contribution in [3.05, 3.63) is 0 Å². The van der Waals surface area contributed by atoms with Crippen LogP contribution in [0.3, 0.4) is 0 Å². The summed E-state index contributed by atoms with van der Waals surface area (Å²) in [6.45, 7) is 6.69. The van der Waals surface area contributed by atoms with Crippen LogP contribution in [0.4, 0.5) is 0 Å². The number of primary amides is 1. The third-order valence-electron chi connectivity index (χ3n) is 5.47. The van der Waals surface area contributed by atoms with Gasteiger partial charge < -0.3 is 32.2 Å². The Morgan fingerprint density at radius 1 is 1.13 bits per heavy atom. The summed E-state index contributed by atoms with van der Waals surface area (Å²) in [7, 11) is 1.86. The topological polar surface area (TPSA) is 160 Å². The maximum absolute atomic E-state index is 13.3. The minimum absolute atomic E-state index is 0.254. The van der Waals surface area contributed by atoms with Crippen molar-refractivity contribution < 1.29 is 19.2 Å². The molecule has 0 saturated carbocycles. The van der Waals surface area contributed by atoms with Crippen molar-refractivity contribution in [3.8, 4) is 0 Å². The molecule has 0 bridgehead atoms. The van der Waals surface area contributed by atoms with E-state index < -0.39 is 36.0 Å². The van der Waals surface area contributed by atoms with Gasteiger partial charge in [-0.25, -0.2) is 0 Å². The van der Waals surface area contributed by atoms with Crippen LogP contribution in [0.1, 0.15) is 59.3 Å². The zero-order valence-corrected chi connectivity index (χ0v) is 19.3. The lowest BCUT2D eigenvalue weighted by molar-refractivity contribution is -0.142. The number of hydrogen-bond acceptors (Lipinski definition) is 6. The highest BCUT2D eigenvalue weighted by atomic mass is 16.2. The van der Waals surface area contributed by atoms with E-state index in [1.54, 1.807) is 0 Å². The van der Waals surface area contributed by atoms with Gasteiger partial charge in [0.1, 0.15) is 18.1 Å². The Bertz CT molecular complexity index is 633. The van der Waals surface area contributed by atoms with Crippen LogP contribution < -0.4 is 27.3 Å². The normalized spacial score (nSPS) is 19.0. The highest BCUT2D eigenvalue weighted by molar-refractivity contribution is 6.04. The largest absolute Gasteiger partial charge is 0.368 e. The Morgan fingerprint density at radius 2 is 1.81 bits per heavy atom. The quantitative estimate of drug-likeness (QED) is 0.167. The fourth-order valence-electron chi connectivity index (χ4n) is 3.69. The van der Waals surface area contributed by atoms with Gasteiger partial charge in [-0.2, -0.15) is 0 Å². The maximum Gasteiger partial charge on any atom is 0.245 e. The van der Waals surface area contributed by atoms with Crippen molar-refractivity contribution in [3.63, 3.8) is 0 Å². The van der Waals surface area contributed by atoms with Crippen molar-refractivity contribution >= 4 is 31.6 Å². The van der Waals surface area contributed by atoms with Gasteiger partial charge >= 0.3 is 0 Å². The van der Waals surface area contributed by atoms with Crippen LogP contribution in [-0.4, -0.2) is 73.8 Å². The van der Waals surface area contributed by atoms with Crippen LogP contribution in [0.25, 0.3) is 0 Å². The van der Waals surface area contributed by atoms with Gasteiger partial charge in [-0.15, -0.1) is 0 Å². The van der Waals surface area contributed by atoms with Crippen LogP contribution in [0, 0.1) is 5.92 Å². The maximum atomic E-state index is 13.3. The standard InChI is InChI=1S/C20H39BN6O4/c1-12(2)11-14(22)18(29)26-15(7-4-5-9-24-21)20(31)27-10-6-8-16(27)19(30)25-13(3)17(23)28/h12-16,24H,4-11,21-22H2,1-3H3,(H2,23,28)(H,25,30)(H,26,29). The van der Waals surface area contributed by atoms with Crippen molar-refractivity contribution in [2.24, 2.45) is 17.4 Å². The molecule has 0 aliphatic carbocycles. The number of nitrogens with two attached hydrogens (primary N) is 2. The highest BCUT2D eigenvalue weighted by Gasteiger charge is 2.38. The van der Waals surface area contributed by atoms with Gasteiger partial charge in [0, 0.05) is 6.54 Å². The van der Waals surface area contributed by atoms with E-state index in [2.05, 4.69) is 15.9 Å². The summed E-state index contributed by atoms with van der Waals surface area (Å²) in [5, 5.41) is 8.44. The van der Waals surface area contributed by atoms with Gasteiger partial charge in [-0.1, -0.05) is 13.8 Å². The Morgan fingerprint density at radius 3 is 2.39 bits per heavy atom. The second-order valence-electron chi connectivity index (χ2n) is 8.72. The molecule has 1 aliphatic heterocycles. The molecule has 0 aromatic carbocycles. The summed E-state index contributed by atoms with van der Waals surface area (Å²) < 4.78 is 0. The molecule has 0 spiro atoms. The molecular weight excluding hydrogens is 399 g/mol. The third-order valence-corrected chi connectivity index (χ3v) is 5.47. The van der Waals surface area contributed by atoms with Crippen molar-refractivity contribution in [2.45, 2.75) is 83.5 Å². The molecule has 4 atom stereocenters. The van der Waals surface area contributed by atoms with E-state index in [4.69, 9.17) is 11.5 Å². The monoisotopic (exact) mass is 438 g/mol. The molecule has 0 aromatic heterocycles. The number of carbonyl (C=O) groups is 4. The fourth-order valence-corrected chi connectivity index (χ4v) is 3.69. The summed E-state index contributed by atoms with van der Waals surface area (Å²) in [5.41, 5.74) is 11.2. The van der Waals surface area contributed by atoms with Crippen molar-refractivity contribution in [2.75, 3.05) is 13.1 Å². The Kier molecular flexibility index (Phi) is 11.6. The summed E-state index contributed by atoms with van der Waals surface area (Å²) in [4.78, 5) is 51.3. The highest BCUT2D eigenvalue weighted by Crippen LogP contribution is 2.20. The average molecular weight is 438 g/mol. The molecule has 7 N–H and O–H groups in total. The van der Waals surface area contributed by atoms with Crippen LogP contribution in [0.5, 0.6) is 0 Å². The van der Waals surface area contributed by atoms with E-state index in [1.807, 2.05) is 21.8 Å². The summed E-state index contributed by atoms with van der Waals surface area (Å²) in [6, 6.07) is -2.95. The molecule has 1 saturated heterocycles. The number of amides is 4. The summed E-state index contributed by atoms with van der Waals surface area (Å²) in [5.74, 6) is -1.45. The zero-order valence-electron chi connectivity index (χ0n) is 19.3. The van der Waals surface area contributed by atoms with E-state index in [9.17, 15) is 19.2 Å². The van der Waals surface area contributed by atoms with Crippen LogP contribution in [-0.2, 0) is 19.2 Å². The molecule has 11 heteroatoms. The second-order valence-corrected chi connectivity index (χ2v) is 8.72. The molecule has 1 fully saturated rings. The molecule has 1 rings (SSSR count). The first-order chi connectivity index (χ1) is 14.6. The predicted octanol–water partition coefficient (Wildman–Crippen LogP) is -1.87. The van der Waals surface area contributed by atoms with E-state index in [1.165, 1.54) is 11.8 Å².